The molecule has 0 amide bonds. The first kappa shape index (κ1) is 12.4. The Kier molecular flexibility index (Phi) is 3.69. The number of nitrogens with one attached hydrogen (secondary N) is 1. The monoisotopic (exact) mass is 254 g/mol. The van der Waals surface area contributed by atoms with Crippen LogP contribution in [0.25, 0.3) is 11.0 Å². The Morgan fingerprint density at radius 2 is 2.24 bits per heavy atom. The zero-order valence-corrected chi connectivity index (χ0v) is 10.5. The summed E-state index contributed by atoms with van der Waals surface area (Å²) in [6, 6.07) is 7.33. The van der Waals surface area contributed by atoms with Gasteiger partial charge in [0.2, 0.25) is 0 Å². The van der Waals surface area contributed by atoms with Crippen LogP contribution in [0.2, 0.25) is 5.02 Å². The highest BCUT2D eigenvalue weighted by Crippen LogP contribution is 2.30. The standard InChI is InChI=1S/C12H15ClN2O2/c1-7(16-2)11(15-14)10-6-8-4-3-5-9(13)12(8)17-10/h3-7,11,15H,14H2,1-2H3. The zero-order valence-electron chi connectivity index (χ0n) is 9.74. The normalized spacial score (nSPS) is 15.1. The van der Waals surface area contributed by atoms with Gasteiger partial charge < -0.3 is 9.15 Å². The Hall–Kier alpha value is -1.07. The van der Waals surface area contributed by atoms with E-state index >= 15 is 0 Å². The Balaban J connectivity index is 2.44. The maximum atomic E-state index is 6.06. The van der Waals surface area contributed by atoms with Gasteiger partial charge in [-0.25, -0.2) is 5.43 Å². The molecule has 0 spiro atoms. The van der Waals surface area contributed by atoms with Crippen LogP contribution in [0.4, 0.5) is 0 Å². The largest absolute Gasteiger partial charge is 0.458 e. The van der Waals surface area contributed by atoms with E-state index in [9.17, 15) is 0 Å². The summed E-state index contributed by atoms with van der Waals surface area (Å²) >= 11 is 6.06. The van der Waals surface area contributed by atoms with Crippen molar-refractivity contribution in [2.45, 2.75) is 19.1 Å². The third-order valence-corrected chi connectivity index (χ3v) is 3.14. The number of hydrogen-bond donors (Lipinski definition) is 2. The third kappa shape index (κ3) is 2.30. The molecule has 1 heterocycles. The molecule has 5 heteroatoms. The molecule has 4 nitrogen and oxygen atoms in total. The van der Waals surface area contributed by atoms with E-state index < -0.39 is 0 Å². The number of nitrogens with two attached hydrogens (primary N) is 1. The Morgan fingerprint density at radius 1 is 1.47 bits per heavy atom. The van der Waals surface area contributed by atoms with Gasteiger partial charge >= 0.3 is 0 Å². The van der Waals surface area contributed by atoms with Crippen molar-refractivity contribution in [3.63, 3.8) is 0 Å². The fourth-order valence-electron chi connectivity index (χ4n) is 1.79. The van der Waals surface area contributed by atoms with Crippen molar-refractivity contribution in [1.29, 1.82) is 0 Å². The number of para-hydroxylation sites is 1. The van der Waals surface area contributed by atoms with Crippen LogP contribution in [0.3, 0.4) is 0 Å². The first-order chi connectivity index (χ1) is 8.17. The summed E-state index contributed by atoms with van der Waals surface area (Å²) in [5, 5.41) is 1.55. The molecule has 2 unspecified atom stereocenters. The van der Waals surface area contributed by atoms with Gasteiger partial charge in [0.1, 0.15) is 11.8 Å². The molecule has 0 aliphatic heterocycles. The van der Waals surface area contributed by atoms with Crippen LogP contribution >= 0.6 is 11.6 Å². The summed E-state index contributed by atoms with van der Waals surface area (Å²) in [4.78, 5) is 0. The second-order valence-corrected chi connectivity index (χ2v) is 4.30. The number of halogens is 1. The summed E-state index contributed by atoms with van der Waals surface area (Å²) < 4.78 is 11.0. The molecule has 92 valence electrons. The minimum absolute atomic E-state index is 0.0978. The lowest BCUT2D eigenvalue weighted by Crippen LogP contribution is -2.35. The SMILES string of the molecule is COC(C)C(NN)c1cc2cccc(Cl)c2o1. The smallest absolute Gasteiger partial charge is 0.152 e. The van der Waals surface area contributed by atoms with E-state index in [1.54, 1.807) is 13.2 Å². The number of methoxy groups -OCH3 is 1. The Labute approximate surface area is 105 Å². The van der Waals surface area contributed by atoms with Crippen molar-refractivity contribution >= 4 is 22.6 Å². The summed E-state index contributed by atoms with van der Waals surface area (Å²) in [5.41, 5.74) is 3.36. The number of ether oxygens (including phenoxy) is 1. The van der Waals surface area contributed by atoms with Gasteiger partial charge in [0.25, 0.3) is 0 Å². The number of benzene rings is 1. The molecule has 1 aromatic heterocycles. The Bertz CT molecular complexity index is 512. The van der Waals surface area contributed by atoms with Crippen LogP contribution in [0.15, 0.2) is 28.7 Å². The second kappa shape index (κ2) is 5.06. The third-order valence-electron chi connectivity index (χ3n) is 2.84. The van der Waals surface area contributed by atoms with Gasteiger partial charge in [-0.05, 0) is 19.1 Å². The summed E-state index contributed by atoms with van der Waals surface area (Å²) in [6.45, 7) is 1.92. The zero-order chi connectivity index (χ0) is 12.4. The fraction of sp³-hybridized carbons (Fsp3) is 0.333. The van der Waals surface area contributed by atoms with Crippen LogP contribution < -0.4 is 11.3 Å². The average Bonchev–Trinajstić information content (AvgIpc) is 2.75. The lowest BCUT2D eigenvalue weighted by molar-refractivity contribution is 0.0761. The lowest BCUT2D eigenvalue weighted by atomic mass is 10.1. The van der Waals surface area contributed by atoms with Crippen LogP contribution in [-0.4, -0.2) is 13.2 Å². The first-order valence-electron chi connectivity index (χ1n) is 5.34. The van der Waals surface area contributed by atoms with Crippen LogP contribution in [0, 0.1) is 0 Å². The summed E-state index contributed by atoms with van der Waals surface area (Å²) in [7, 11) is 1.63. The fourth-order valence-corrected chi connectivity index (χ4v) is 2.01. The first-order valence-corrected chi connectivity index (χ1v) is 5.72. The van der Waals surface area contributed by atoms with Crippen molar-refractivity contribution < 1.29 is 9.15 Å². The van der Waals surface area contributed by atoms with Crippen LogP contribution in [-0.2, 0) is 4.74 Å². The molecule has 2 atom stereocenters. The number of furan rings is 1. The minimum Gasteiger partial charge on any atom is -0.458 e. The van der Waals surface area contributed by atoms with Gasteiger partial charge in [-0.3, -0.25) is 5.84 Å². The van der Waals surface area contributed by atoms with Gasteiger partial charge in [-0.2, -0.15) is 0 Å². The molecule has 0 saturated carbocycles. The van der Waals surface area contributed by atoms with Crippen molar-refractivity contribution in [2.75, 3.05) is 7.11 Å². The van der Waals surface area contributed by atoms with Crippen molar-refractivity contribution in [3.8, 4) is 0 Å². The molecular weight excluding hydrogens is 240 g/mol. The number of rotatable bonds is 4. The maximum Gasteiger partial charge on any atom is 0.152 e. The van der Waals surface area contributed by atoms with Crippen molar-refractivity contribution in [3.05, 3.63) is 35.0 Å². The topological polar surface area (TPSA) is 60.4 Å². The highest BCUT2D eigenvalue weighted by atomic mass is 35.5. The molecule has 0 aliphatic rings. The van der Waals surface area contributed by atoms with Gasteiger partial charge in [-0.15, -0.1) is 0 Å². The molecular formula is C12H15ClN2O2. The highest BCUT2D eigenvalue weighted by Gasteiger charge is 2.22. The quantitative estimate of drug-likeness (QED) is 0.650. The molecule has 0 fully saturated rings. The summed E-state index contributed by atoms with van der Waals surface area (Å²) in [6.07, 6.45) is -0.0978. The van der Waals surface area contributed by atoms with Gasteiger partial charge in [-0.1, -0.05) is 23.7 Å². The van der Waals surface area contributed by atoms with Crippen molar-refractivity contribution in [1.82, 2.24) is 5.43 Å². The lowest BCUT2D eigenvalue weighted by Gasteiger charge is -2.19. The molecule has 0 bridgehead atoms. The maximum absolute atomic E-state index is 6.06. The number of hydrogen-bond acceptors (Lipinski definition) is 4. The van der Waals surface area contributed by atoms with E-state index in [0.29, 0.717) is 16.4 Å². The molecule has 0 radical (unpaired) electrons. The molecule has 2 rings (SSSR count). The van der Waals surface area contributed by atoms with Gasteiger partial charge in [0, 0.05) is 12.5 Å². The highest BCUT2D eigenvalue weighted by molar-refractivity contribution is 6.34. The predicted octanol–water partition coefficient (Wildman–Crippen LogP) is 2.63. The van der Waals surface area contributed by atoms with Gasteiger partial charge in [0.05, 0.1) is 11.1 Å². The second-order valence-electron chi connectivity index (χ2n) is 3.89. The molecule has 17 heavy (non-hydrogen) atoms. The Morgan fingerprint density at radius 3 is 2.82 bits per heavy atom. The average molecular weight is 255 g/mol. The van der Waals surface area contributed by atoms with E-state index in [0.717, 1.165) is 5.39 Å². The number of hydrazine groups is 1. The van der Waals surface area contributed by atoms with Crippen LogP contribution in [0.5, 0.6) is 0 Å². The molecule has 2 aromatic rings. The molecule has 1 aromatic carbocycles. The molecule has 0 aliphatic carbocycles. The number of fused-ring (bicyclic) bond motifs is 1. The van der Waals surface area contributed by atoms with E-state index in [1.807, 2.05) is 25.1 Å². The van der Waals surface area contributed by atoms with E-state index in [-0.39, 0.29) is 12.1 Å². The molecule has 0 saturated heterocycles. The molecule has 3 N–H and O–H groups in total. The van der Waals surface area contributed by atoms with Gasteiger partial charge in [0.15, 0.2) is 5.58 Å². The predicted molar refractivity (Wildman–Crippen MR) is 67.8 cm³/mol. The van der Waals surface area contributed by atoms with Crippen LogP contribution in [0.1, 0.15) is 18.7 Å². The summed E-state index contributed by atoms with van der Waals surface area (Å²) in [5.74, 6) is 6.23. The van der Waals surface area contributed by atoms with E-state index in [1.165, 1.54) is 0 Å². The van der Waals surface area contributed by atoms with Crippen molar-refractivity contribution in [2.24, 2.45) is 5.84 Å². The minimum atomic E-state index is -0.205. The van der Waals surface area contributed by atoms with E-state index in [2.05, 4.69) is 5.43 Å². The van der Waals surface area contributed by atoms with E-state index in [4.69, 9.17) is 26.6 Å².